The molecule has 0 radical (unpaired) electrons. The third-order valence-electron chi connectivity index (χ3n) is 6.23. The number of nitrogens with zero attached hydrogens (tertiary/aromatic N) is 5. The average molecular weight is 583 g/mol. The van der Waals surface area contributed by atoms with Gasteiger partial charge in [-0.2, -0.15) is 9.78 Å². The first kappa shape index (κ1) is 27.9. The van der Waals surface area contributed by atoms with Gasteiger partial charge >= 0.3 is 6.09 Å². The molecule has 42 heavy (non-hydrogen) atoms. The molecule has 0 bridgehead atoms. The smallest absolute Gasteiger partial charge is 0.409 e. The molecule has 2 heterocycles. The summed E-state index contributed by atoms with van der Waals surface area (Å²) in [5.74, 6) is -0.405. The van der Waals surface area contributed by atoms with E-state index in [1.54, 1.807) is 54.6 Å². The fourth-order valence-electron chi connectivity index (χ4n) is 4.27. The summed E-state index contributed by atoms with van der Waals surface area (Å²) in [5.41, 5.74) is 3.42. The van der Waals surface area contributed by atoms with Gasteiger partial charge in [-0.1, -0.05) is 54.1 Å². The van der Waals surface area contributed by atoms with Crippen LogP contribution in [0.3, 0.4) is 0 Å². The molecule has 3 aromatic carbocycles. The van der Waals surface area contributed by atoms with Gasteiger partial charge in [-0.05, 0) is 70.4 Å². The molecule has 4 N–H and O–H groups in total. The molecular formula is C29H23ClN8O4. The van der Waals surface area contributed by atoms with Crippen molar-refractivity contribution in [1.29, 1.82) is 0 Å². The molecule has 1 atom stereocenters. The molecule has 5 rings (SSSR count). The van der Waals surface area contributed by atoms with Gasteiger partial charge in [0.1, 0.15) is 6.33 Å². The second-order valence-corrected chi connectivity index (χ2v) is 9.52. The molecule has 0 fully saturated rings. The highest BCUT2D eigenvalue weighted by atomic mass is 35.5. The minimum atomic E-state index is -1.19. The lowest BCUT2D eigenvalue weighted by atomic mass is 10.00. The minimum Gasteiger partial charge on any atom is -0.465 e. The van der Waals surface area contributed by atoms with Crippen molar-refractivity contribution in [2.45, 2.75) is 12.5 Å². The van der Waals surface area contributed by atoms with Crippen molar-refractivity contribution in [3.63, 3.8) is 0 Å². The Balaban J connectivity index is 1.43. The zero-order valence-electron chi connectivity index (χ0n) is 21.8. The van der Waals surface area contributed by atoms with E-state index in [1.807, 2.05) is 30.3 Å². The number of hydrogen-bond acceptors (Lipinski definition) is 7. The number of carbonyl (C=O) groups is 2. The highest BCUT2D eigenvalue weighted by Crippen LogP contribution is 2.24. The van der Waals surface area contributed by atoms with E-state index in [9.17, 15) is 14.4 Å². The maximum absolute atomic E-state index is 13.2. The Morgan fingerprint density at radius 1 is 1.05 bits per heavy atom. The van der Waals surface area contributed by atoms with Crippen LogP contribution in [0, 0.1) is 0 Å². The van der Waals surface area contributed by atoms with Crippen molar-refractivity contribution < 1.29 is 14.7 Å². The van der Waals surface area contributed by atoms with E-state index in [0.717, 1.165) is 5.56 Å². The number of rotatable bonds is 9. The molecule has 5 aromatic rings. The first-order chi connectivity index (χ1) is 20.4. The molecule has 0 aliphatic heterocycles. The number of amides is 2. The quantitative estimate of drug-likeness (QED) is 0.187. The second-order valence-electron chi connectivity index (χ2n) is 9.08. The van der Waals surface area contributed by atoms with E-state index in [4.69, 9.17) is 16.7 Å². The lowest BCUT2D eigenvalue weighted by molar-refractivity contribution is -0.117. The van der Waals surface area contributed by atoms with Crippen LogP contribution in [0.15, 0.2) is 96.1 Å². The summed E-state index contributed by atoms with van der Waals surface area (Å²) in [4.78, 5) is 36.8. The topological polar surface area (TPSA) is 168 Å². The number of hydrogen-bond donors (Lipinski definition) is 4. The normalized spacial score (nSPS) is 11.7. The molecule has 0 spiro atoms. The Labute approximate surface area is 243 Å². The van der Waals surface area contributed by atoms with E-state index < -0.39 is 23.6 Å². The van der Waals surface area contributed by atoms with E-state index in [2.05, 4.69) is 36.4 Å². The summed E-state index contributed by atoms with van der Waals surface area (Å²) in [7, 11) is 0. The molecule has 12 nitrogen and oxygen atoms in total. The largest absolute Gasteiger partial charge is 0.465 e. The molecule has 13 heteroatoms. The van der Waals surface area contributed by atoms with Crippen molar-refractivity contribution in [3.8, 4) is 16.8 Å². The Kier molecular flexibility index (Phi) is 8.45. The van der Waals surface area contributed by atoms with E-state index in [-0.39, 0.29) is 0 Å². The summed E-state index contributed by atoms with van der Waals surface area (Å²) in [6.45, 7) is 0. The van der Waals surface area contributed by atoms with Crippen LogP contribution < -0.4 is 16.2 Å². The van der Waals surface area contributed by atoms with Crippen LogP contribution in [0.1, 0.15) is 22.9 Å². The van der Waals surface area contributed by atoms with Gasteiger partial charge in [-0.15, -0.1) is 5.10 Å². The average Bonchev–Trinajstić information content (AvgIpc) is 3.52. The van der Waals surface area contributed by atoms with Gasteiger partial charge in [0.05, 0.1) is 23.0 Å². The van der Waals surface area contributed by atoms with Crippen molar-refractivity contribution >= 4 is 35.4 Å². The number of nitrogens with one attached hydrogen (secondary N) is 3. The van der Waals surface area contributed by atoms with Gasteiger partial charge < -0.3 is 10.4 Å². The van der Waals surface area contributed by atoms with Crippen molar-refractivity contribution in [2.75, 3.05) is 5.32 Å². The predicted molar refractivity (Wildman–Crippen MR) is 156 cm³/mol. The monoisotopic (exact) mass is 582 g/mol. The van der Waals surface area contributed by atoms with Crippen LogP contribution in [0.5, 0.6) is 0 Å². The molecule has 0 saturated carbocycles. The van der Waals surface area contributed by atoms with Crippen LogP contribution in [-0.2, 0) is 11.2 Å². The summed E-state index contributed by atoms with van der Waals surface area (Å²) in [6, 6.07) is 22.0. The van der Waals surface area contributed by atoms with Crippen LogP contribution in [-0.4, -0.2) is 47.5 Å². The Morgan fingerprint density at radius 2 is 1.83 bits per heavy atom. The SMILES string of the molecule is O=C(O)Nc1ccc(-c2cc(C(Cc3ccccc3)NC(=O)C=Cc3cc(Cl)ccc3-n3cnnn3)n[nH]c2=O)cc1. The maximum Gasteiger partial charge on any atom is 0.409 e. The highest BCUT2D eigenvalue weighted by Gasteiger charge is 2.19. The van der Waals surface area contributed by atoms with Gasteiger partial charge in [0, 0.05) is 22.3 Å². The third-order valence-corrected chi connectivity index (χ3v) is 6.46. The molecule has 1 unspecified atom stereocenters. The summed E-state index contributed by atoms with van der Waals surface area (Å²) < 4.78 is 1.46. The van der Waals surface area contributed by atoms with Crippen LogP contribution in [0.25, 0.3) is 22.9 Å². The number of benzene rings is 3. The third kappa shape index (κ3) is 6.92. The Morgan fingerprint density at radius 3 is 2.55 bits per heavy atom. The minimum absolute atomic E-state index is 0.315. The van der Waals surface area contributed by atoms with Gasteiger partial charge in [0.2, 0.25) is 5.91 Å². The lowest BCUT2D eigenvalue weighted by Gasteiger charge is -2.18. The highest BCUT2D eigenvalue weighted by molar-refractivity contribution is 6.30. The number of aromatic amines is 1. The first-order valence-electron chi connectivity index (χ1n) is 12.6. The summed E-state index contributed by atoms with van der Waals surface area (Å²) in [6.07, 6.45) is 3.62. The van der Waals surface area contributed by atoms with E-state index in [1.165, 1.54) is 17.1 Å². The summed E-state index contributed by atoms with van der Waals surface area (Å²) >= 11 is 6.19. The molecular weight excluding hydrogens is 560 g/mol. The predicted octanol–water partition coefficient (Wildman–Crippen LogP) is 4.27. The zero-order valence-corrected chi connectivity index (χ0v) is 22.6. The van der Waals surface area contributed by atoms with Gasteiger partial charge in [0.25, 0.3) is 5.56 Å². The Hall–Kier alpha value is -5.62. The lowest BCUT2D eigenvalue weighted by Crippen LogP contribution is -2.30. The number of carboxylic acid groups (broad SMARTS) is 1. The van der Waals surface area contributed by atoms with Gasteiger partial charge in [-0.25, -0.2) is 9.89 Å². The number of carbonyl (C=O) groups excluding carboxylic acids is 1. The van der Waals surface area contributed by atoms with Crippen LogP contribution in [0.2, 0.25) is 5.02 Å². The second kappa shape index (κ2) is 12.7. The number of H-pyrrole nitrogens is 1. The van der Waals surface area contributed by atoms with E-state index >= 15 is 0 Å². The number of anilines is 1. The molecule has 2 amide bonds. The Bertz CT molecular complexity index is 1790. The number of tetrazole rings is 1. The van der Waals surface area contributed by atoms with Crippen molar-refractivity contribution in [2.24, 2.45) is 0 Å². The molecule has 210 valence electrons. The maximum atomic E-state index is 13.2. The zero-order chi connectivity index (χ0) is 29.5. The first-order valence-corrected chi connectivity index (χ1v) is 13.0. The fraction of sp³-hybridized carbons (Fsp3) is 0.0690. The molecule has 0 saturated heterocycles. The van der Waals surface area contributed by atoms with Crippen molar-refractivity contribution in [3.05, 3.63) is 123 Å². The number of aromatic nitrogens is 6. The number of halogens is 1. The van der Waals surface area contributed by atoms with Crippen LogP contribution in [0.4, 0.5) is 10.5 Å². The molecule has 2 aromatic heterocycles. The summed E-state index contributed by atoms with van der Waals surface area (Å²) in [5, 5.41) is 32.6. The van der Waals surface area contributed by atoms with E-state index in [0.29, 0.717) is 45.2 Å². The molecule has 0 aliphatic rings. The fourth-order valence-corrected chi connectivity index (χ4v) is 4.46. The van der Waals surface area contributed by atoms with Gasteiger partial charge in [-0.3, -0.25) is 14.9 Å². The van der Waals surface area contributed by atoms with Gasteiger partial charge in [0.15, 0.2) is 0 Å². The molecule has 0 aliphatic carbocycles. The van der Waals surface area contributed by atoms with Crippen molar-refractivity contribution in [1.82, 2.24) is 35.7 Å². The van der Waals surface area contributed by atoms with Crippen LogP contribution >= 0.6 is 11.6 Å². The standard InChI is InChI=1S/C29H23ClN8O4/c30-21-9-12-26(38-17-31-36-37-38)20(15-21)8-13-27(39)33-24(14-18-4-2-1-3-5-18)25-16-23(28(40)35-34-25)19-6-10-22(11-7-19)32-29(41)42/h1-13,15-17,24,32H,14H2,(H,33,39)(H,35,40)(H,41,42).